The summed E-state index contributed by atoms with van der Waals surface area (Å²) in [5, 5.41) is 3.37. The number of nitrogens with one attached hydrogen (secondary N) is 1. The Bertz CT molecular complexity index is 864. The fourth-order valence-electron chi connectivity index (χ4n) is 2.86. The zero-order valence-electron chi connectivity index (χ0n) is 14.8. The van der Waals surface area contributed by atoms with Gasteiger partial charge in [-0.1, -0.05) is 30.3 Å². The van der Waals surface area contributed by atoms with Gasteiger partial charge < -0.3 is 14.8 Å². The van der Waals surface area contributed by atoms with E-state index in [0.717, 1.165) is 34.6 Å². The summed E-state index contributed by atoms with van der Waals surface area (Å²) in [6, 6.07) is 17.6. The van der Waals surface area contributed by atoms with Crippen LogP contribution in [0.3, 0.4) is 0 Å². The Kier molecular flexibility index (Phi) is 5.59. The molecule has 1 unspecified atom stereocenters. The summed E-state index contributed by atoms with van der Waals surface area (Å²) in [6.07, 6.45) is 3.03. The molecule has 0 fully saturated rings. The lowest BCUT2D eigenvalue weighted by Crippen LogP contribution is -2.08. The first kappa shape index (κ1) is 17.6. The highest BCUT2D eigenvalue weighted by atomic mass is 16.5. The van der Waals surface area contributed by atoms with Gasteiger partial charge in [0.25, 0.3) is 0 Å². The van der Waals surface area contributed by atoms with Crippen LogP contribution in [0.15, 0.2) is 60.8 Å². The number of aromatic nitrogens is 2. The van der Waals surface area contributed by atoms with Crippen molar-refractivity contribution in [2.75, 3.05) is 12.4 Å². The van der Waals surface area contributed by atoms with Crippen molar-refractivity contribution in [1.82, 2.24) is 9.97 Å². The zero-order valence-corrected chi connectivity index (χ0v) is 14.8. The molecule has 0 aliphatic carbocycles. The molecule has 132 valence electrons. The summed E-state index contributed by atoms with van der Waals surface area (Å²) in [5.41, 5.74) is 3.76. The van der Waals surface area contributed by atoms with Crippen molar-refractivity contribution in [2.24, 2.45) is 0 Å². The second-order valence-electron chi connectivity index (χ2n) is 5.97. The number of aldehydes is 1. The van der Waals surface area contributed by atoms with Crippen LogP contribution >= 0.6 is 0 Å². The number of methoxy groups -OCH3 is 1. The summed E-state index contributed by atoms with van der Waals surface area (Å²) >= 11 is 0. The Labute approximate surface area is 153 Å². The van der Waals surface area contributed by atoms with E-state index in [4.69, 9.17) is 4.74 Å². The van der Waals surface area contributed by atoms with Gasteiger partial charge in [-0.2, -0.15) is 0 Å². The molecule has 26 heavy (non-hydrogen) atoms. The second-order valence-corrected chi connectivity index (χ2v) is 5.97. The molecule has 1 N–H and O–H groups in total. The van der Waals surface area contributed by atoms with E-state index >= 15 is 0 Å². The first-order valence-corrected chi connectivity index (χ1v) is 8.44. The number of carbonyl (C=O) groups is 1. The van der Waals surface area contributed by atoms with E-state index in [9.17, 15) is 4.79 Å². The van der Waals surface area contributed by atoms with E-state index < -0.39 is 0 Å². The molecular formula is C21H21N3O2. The van der Waals surface area contributed by atoms with Gasteiger partial charge in [-0.05, 0) is 30.7 Å². The molecule has 0 amide bonds. The maximum absolute atomic E-state index is 11.3. The van der Waals surface area contributed by atoms with Crippen LogP contribution < -0.4 is 10.1 Å². The van der Waals surface area contributed by atoms with Crippen LogP contribution in [0.1, 0.15) is 29.2 Å². The molecule has 0 saturated heterocycles. The molecule has 0 radical (unpaired) electrons. The lowest BCUT2D eigenvalue weighted by atomic mass is 9.90. The Hall–Kier alpha value is -3.21. The molecule has 0 bridgehead atoms. The topological polar surface area (TPSA) is 64.1 Å². The monoisotopic (exact) mass is 347 g/mol. The van der Waals surface area contributed by atoms with Gasteiger partial charge in [-0.15, -0.1) is 0 Å². The first-order chi connectivity index (χ1) is 12.7. The fraction of sp³-hybridized carbons (Fsp3) is 0.190. The summed E-state index contributed by atoms with van der Waals surface area (Å²) in [6.45, 7) is 1.95. The number of hydrogen-bond acceptors (Lipinski definition) is 5. The Morgan fingerprint density at radius 2 is 1.92 bits per heavy atom. The molecule has 1 atom stereocenters. The first-order valence-electron chi connectivity index (χ1n) is 8.44. The molecule has 0 saturated carbocycles. The van der Waals surface area contributed by atoms with Crippen molar-refractivity contribution in [3.63, 3.8) is 0 Å². The number of carbonyl (C=O) groups excluding carboxylic acids is 1. The number of aryl methyl sites for hydroxylation is 1. The standard InChI is InChI=1S/C21H21N3O2/c1-15-8-10-19(21(23-15)24-17-6-4-3-5-7-17)18(12-13-25)16-9-11-20(26-2)22-14-16/h3-11,13-14,18H,12H2,1-2H3,(H,23,24). The Balaban J connectivity index is 2.01. The molecule has 3 rings (SSSR count). The fourth-order valence-corrected chi connectivity index (χ4v) is 2.86. The number of nitrogens with zero attached hydrogens (tertiary/aromatic N) is 2. The van der Waals surface area contributed by atoms with Gasteiger partial charge in [0, 0.05) is 41.5 Å². The second kappa shape index (κ2) is 8.25. The Morgan fingerprint density at radius 1 is 1.12 bits per heavy atom. The SMILES string of the molecule is COc1ccc(C(CC=O)c2ccc(C)nc2Nc2ccccc2)cn1. The van der Waals surface area contributed by atoms with Crippen LogP contribution in [0.4, 0.5) is 11.5 Å². The minimum absolute atomic E-state index is 0.134. The number of hydrogen-bond donors (Lipinski definition) is 1. The average molecular weight is 347 g/mol. The molecule has 0 aliphatic rings. The van der Waals surface area contributed by atoms with E-state index in [1.165, 1.54) is 0 Å². The van der Waals surface area contributed by atoms with Crippen molar-refractivity contribution in [3.05, 3.63) is 77.6 Å². The number of para-hydroxylation sites is 1. The van der Waals surface area contributed by atoms with Gasteiger partial charge in [-0.3, -0.25) is 0 Å². The lowest BCUT2D eigenvalue weighted by Gasteiger charge is -2.20. The molecule has 0 aliphatic heterocycles. The third kappa shape index (κ3) is 4.06. The van der Waals surface area contributed by atoms with Crippen LogP contribution in [-0.4, -0.2) is 23.4 Å². The largest absolute Gasteiger partial charge is 0.481 e. The van der Waals surface area contributed by atoms with Gasteiger partial charge in [0.05, 0.1) is 7.11 Å². The van der Waals surface area contributed by atoms with E-state index in [0.29, 0.717) is 12.3 Å². The number of ether oxygens (including phenoxy) is 1. The molecule has 5 heteroatoms. The molecular weight excluding hydrogens is 326 g/mol. The van der Waals surface area contributed by atoms with Gasteiger partial charge in [0.15, 0.2) is 0 Å². The van der Waals surface area contributed by atoms with Gasteiger partial charge >= 0.3 is 0 Å². The van der Waals surface area contributed by atoms with Crippen molar-refractivity contribution in [3.8, 4) is 5.88 Å². The summed E-state index contributed by atoms with van der Waals surface area (Å²) in [5.74, 6) is 1.16. The van der Waals surface area contributed by atoms with E-state index in [2.05, 4.69) is 15.3 Å². The third-order valence-corrected chi connectivity index (χ3v) is 4.18. The molecule has 5 nitrogen and oxygen atoms in total. The number of pyridine rings is 2. The van der Waals surface area contributed by atoms with Crippen molar-refractivity contribution in [1.29, 1.82) is 0 Å². The molecule has 2 aromatic heterocycles. The van der Waals surface area contributed by atoms with E-state index in [1.807, 2.05) is 55.5 Å². The smallest absolute Gasteiger partial charge is 0.212 e. The highest BCUT2D eigenvalue weighted by Gasteiger charge is 2.19. The highest BCUT2D eigenvalue weighted by Crippen LogP contribution is 2.33. The molecule has 3 aromatic rings. The summed E-state index contributed by atoms with van der Waals surface area (Å²) in [4.78, 5) is 20.3. The zero-order chi connectivity index (χ0) is 18.4. The van der Waals surface area contributed by atoms with Gasteiger partial charge in [0.2, 0.25) is 5.88 Å². The minimum atomic E-state index is -0.134. The number of rotatable bonds is 7. The van der Waals surface area contributed by atoms with E-state index in [-0.39, 0.29) is 5.92 Å². The summed E-state index contributed by atoms with van der Waals surface area (Å²) in [7, 11) is 1.58. The quantitative estimate of drug-likeness (QED) is 0.647. The predicted molar refractivity (Wildman–Crippen MR) is 102 cm³/mol. The van der Waals surface area contributed by atoms with Crippen LogP contribution in [0.2, 0.25) is 0 Å². The molecule has 0 spiro atoms. The predicted octanol–water partition coefficient (Wildman–Crippen LogP) is 4.26. The Morgan fingerprint density at radius 3 is 2.58 bits per heavy atom. The molecule has 2 heterocycles. The highest BCUT2D eigenvalue weighted by molar-refractivity contribution is 5.63. The normalized spacial score (nSPS) is 11.6. The van der Waals surface area contributed by atoms with Crippen LogP contribution in [0.25, 0.3) is 0 Å². The summed E-state index contributed by atoms with van der Waals surface area (Å²) < 4.78 is 5.13. The number of benzene rings is 1. The van der Waals surface area contributed by atoms with Crippen LogP contribution in [0.5, 0.6) is 5.88 Å². The van der Waals surface area contributed by atoms with Crippen molar-refractivity contribution >= 4 is 17.8 Å². The third-order valence-electron chi connectivity index (χ3n) is 4.18. The van der Waals surface area contributed by atoms with Gasteiger partial charge in [0.1, 0.15) is 12.1 Å². The maximum Gasteiger partial charge on any atom is 0.212 e. The average Bonchev–Trinajstić information content (AvgIpc) is 2.68. The number of anilines is 2. The van der Waals surface area contributed by atoms with Crippen LogP contribution in [0, 0.1) is 6.92 Å². The van der Waals surface area contributed by atoms with E-state index in [1.54, 1.807) is 19.4 Å². The van der Waals surface area contributed by atoms with Crippen LogP contribution in [-0.2, 0) is 4.79 Å². The van der Waals surface area contributed by atoms with Crippen molar-refractivity contribution < 1.29 is 9.53 Å². The molecule has 1 aromatic carbocycles. The maximum atomic E-state index is 11.3. The van der Waals surface area contributed by atoms with Gasteiger partial charge in [-0.25, -0.2) is 9.97 Å². The van der Waals surface area contributed by atoms with Crippen molar-refractivity contribution in [2.45, 2.75) is 19.3 Å². The minimum Gasteiger partial charge on any atom is -0.481 e. The lowest BCUT2D eigenvalue weighted by molar-refractivity contribution is -0.108.